The number of hydrogen-bond donors (Lipinski definition) is 0. The number of benzene rings is 2. The predicted molar refractivity (Wildman–Crippen MR) is 72.4 cm³/mol. The monoisotopic (exact) mass is 237 g/mol. The number of nitriles is 1. The van der Waals surface area contributed by atoms with Gasteiger partial charge in [0.15, 0.2) is 0 Å². The minimum absolute atomic E-state index is 0.679. The van der Waals surface area contributed by atoms with Crippen molar-refractivity contribution in [3.63, 3.8) is 0 Å². The molecule has 0 saturated carbocycles. The Balaban J connectivity index is 2.21. The Morgan fingerprint density at radius 3 is 2.50 bits per heavy atom. The van der Waals surface area contributed by atoms with Gasteiger partial charge in [-0.2, -0.15) is 5.26 Å². The fourth-order valence-electron chi connectivity index (χ4n) is 1.73. The number of rotatable bonds is 4. The van der Waals surface area contributed by atoms with Crippen molar-refractivity contribution in [3.05, 3.63) is 54.1 Å². The molecule has 0 heterocycles. The summed E-state index contributed by atoms with van der Waals surface area (Å²) in [6.07, 6.45) is 1.01. The quantitative estimate of drug-likeness (QED) is 0.804. The summed E-state index contributed by atoms with van der Waals surface area (Å²) in [5, 5.41) is 8.88. The predicted octanol–water partition coefficient (Wildman–Crippen LogP) is 4.01. The lowest BCUT2D eigenvalue weighted by molar-refractivity contribution is 0.317. The zero-order valence-corrected chi connectivity index (χ0v) is 10.4. The topological polar surface area (TPSA) is 33.0 Å². The minimum atomic E-state index is 0.679. The zero-order chi connectivity index (χ0) is 12.8. The molecule has 2 rings (SSSR count). The van der Waals surface area contributed by atoms with Gasteiger partial charge in [0, 0.05) is 0 Å². The van der Waals surface area contributed by atoms with E-state index in [-0.39, 0.29) is 0 Å². The van der Waals surface area contributed by atoms with Gasteiger partial charge in [-0.3, -0.25) is 0 Å². The molecule has 2 aromatic rings. The normalized spacial score (nSPS) is 9.78. The SMILES string of the molecule is CCCOc1ccc(-c2cccc(C#N)c2)cc1. The third-order valence-electron chi connectivity index (χ3n) is 2.65. The van der Waals surface area contributed by atoms with Crippen LogP contribution >= 0.6 is 0 Å². The van der Waals surface area contributed by atoms with Crippen molar-refractivity contribution in [2.75, 3.05) is 6.61 Å². The van der Waals surface area contributed by atoms with Gasteiger partial charge < -0.3 is 4.74 Å². The molecule has 0 aliphatic carbocycles. The molecular formula is C16H15NO. The molecular weight excluding hydrogens is 222 g/mol. The lowest BCUT2D eigenvalue weighted by atomic mass is 10.0. The highest BCUT2D eigenvalue weighted by Gasteiger charge is 2.00. The van der Waals surface area contributed by atoms with Crippen LogP contribution in [0, 0.1) is 11.3 Å². The van der Waals surface area contributed by atoms with E-state index in [9.17, 15) is 0 Å². The van der Waals surface area contributed by atoms with Crippen LogP contribution in [0.5, 0.6) is 5.75 Å². The van der Waals surface area contributed by atoms with Crippen LogP contribution in [0.1, 0.15) is 18.9 Å². The molecule has 2 heteroatoms. The summed E-state index contributed by atoms with van der Waals surface area (Å²) in [4.78, 5) is 0. The van der Waals surface area contributed by atoms with Crippen LogP contribution in [0.25, 0.3) is 11.1 Å². The van der Waals surface area contributed by atoms with Crippen LogP contribution < -0.4 is 4.74 Å². The van der Waals surface area contributed by atoms with Gasteiger partial charge in [0.1, 0.15) is 5.75 Å². The highest BCUT2D eigenvalue weighted by atomic mass is 16.5. The Kier molecular flexibility index (Phi) is 3.98. The van der Waals surface area contributed by atoms with Crippen molar-refractivity contribution >= 4 is 0 Å². The molecule has 0 atom stereocenters. The van der Waals surface area contributed by atoms with Gasteiger partial charge in [0.25, 0.3) is 0 Å². The Labute approximate surface area is 107 Å². The molecule has 0 spiro atoms. The maximum atomic E-state index is 8.88. The van der Waals surface area contributed by atoms with Crippen molar-refractivity contribution in [2.45, 2.75) is 13.3 Å². The van der Waals surface area contributed by atoms with E-state index < -0.39 is 0 Å². The molecule has 0 aliphatic rings. The third-order valence-corrected chi connectivity index (χ3v) is 2.65. The molecule has 2 aromatic carbocycles. The van der Waals surface area contributed by atoms with Gasteiger partial charge >= 0.3 is 0 Å². The fourth-order valence-corrected chi connectivity index (χ4v) is 1.73. The van der Waals surface area contributed by atoms with E-state index in [4.69, 9.17) is 10.00 Å². The fraction of sp³-hybridized carbons (Fsp3) is 0.188. The number of hydrogen-bond acceptors (Lipinski definition) is 2. The molecule has 0 amide bonds. The van der Waals surface area contributed by atoms with Gasteiger partial charge in [-0.25, -0.2) is 0 Å². The molecule has 0 fully saturated rings. The van der Waals surface area contributed by atoms with Gasteiger partial charge in [0.2, 0.25) is 0 Å². The summed E-state index contributed by atoms with van der Waals surface area (Å²) in [6.45, 7) is 2.82. The smallest absolute Gasteiger partial charge is 0.119 e. The average Bonchev–Trinajstić information content (AvgIpc) is 2.46. The van der Waals surface area contributed by atoms with E-state index in [1.807, 2.05) is 48.5 Å². The van der Waals surface area contributed by atoms with E-state index in [1.165, 1.54) is 0 Å². The third kappa shape index (κ3) is 2.89. The van der Waals surface area contributed by atoms with Crippen molar-refractivity contribution in [3.8, 4) is 22.9 Å². The second-order valence-corrected chi connectivity index (χ2v) is 4.07. The molecule has 0 aliphatic heterocycles. The lowest BCUT2D eigenvalue weighted by Gasteiger charge is -2.06. The molecule has 0 saturated heterocycles. The van der Waals surface area contributed by atoms with Gasteiger partial charge in [-0.15, -0.1) is 0 Å². The van der Waals surface area contributed by atoms with Crippen molar-refractivity contribution in [2.24, 2.45) is 0 Å². The van der Waals surface area contributed by atoms with Crippen LogP contribution in [-0.2, 0) is 0 Å². The van der Waals surface area contributed by atoms with E-state index in [0.717, 1.165) is 29.9 Å². The first kappa shape index (κ1) is 12.2. The molecule has 18 heavy (non-hydrogen) atoms. The second kappa shape index (κ2) is 5.88. The van der Waals surface area contributed by atoms with E-state index >= 15 is 0 Å². The van der Waals surface area contributed by atoms with Crippen LogP contribution in [0.15, 0.2) is 48.5 Å². The largest absolute Gasteiger partial charge is 0.494 e. The first-order chi connectivity index (χ1) is 8.83. The van der Waals surface area contributed by atoms with E-state index in [0.29, 0.717) is 5.56 Å². The first-order valence-electron chi connectivity index (χ1n) is 6.07. The minimum Gasteiger partial charge on any atom is -0.494 e. The van der Waals surface area contributed by atoms with Crippen LogP contribution in [0.2, 0.25) is 0 Å². The summed E-state index contributed by atoms with van der Waals surface area (Å²) in [5.74, 6) is 0.886. The van der Waals surface area contributed by atoms with Crippen LogP contribution in [-0.4, -0.2) is 6.61 Å². The molecule has 0 unspecified atom stereocenters. The van der Waals surface area contributed by atoms with Gasteiger partial charge in [-0.05, 0) is 41.8 Å². The van der Waals surface area contributed by atoms with Crippen molar-refractivity contribution < 1.29 is 4.74 Å². The van der Waals surface area contributed by atoms with Crippen molar-refractivity contribution in [1.82, 2.24) is 0 Å². The Morgan fingerprint density at radius 2 is 1.83 bits per heavy atom. The average molecular weight is 237 g/mol. The first-order valence-corrected chi connectivity index (χ1v) is 6.07. The highest BCUT2D eigenvalue weighted by Crippen LogP contribution is 2.23. The second-order valence-electron chi connectivity index (χ2n) is 4.07. The molecule has 0 bridgehead atoms. The Morgan fingerprint density at radius 1 is 1.06 bits per heavy atom. The Hall–Kier alpha value is -2.27. The number of nitrogens with zero attached hydrogens (tertiary/aromatic N) is 1. The maximum Gasteiger partial charge on any atom is 0.119 e. The zero-order valence-electron chi connectivity index (χ0n) is 10.4. The molecule has 2 nitrogen and oxygen atoms in total. The standard InChI is InChI=1S/C16H15NO/c1-2-10-18-16-8-6-14(7-9-16)15-5-3-4-13(11-15)12-17/h3-9,11H,2,10H2,1H3. The summed E-state index contributed by atoms with van der Waals surface area (Å²) in [6, 6.07) is 17.7. The number of ether oxygens (including phenoxy) is 1. The molecule has 0 aromatic heterocycles. The van der Waals surface area contributed by atoms with Crippen molar-refractivity contribution in [1.29, 1.82) is 5.26 Å². The molecule has 90 valence electrons. The summed E-state index contributed by atoms with van der Waals surface area (Å²) in [5.41, 5.74) is 2.82. The van der Waals surface area contributed by atoms with E-state index in [2.05, 4.69) is 13.0 Å². The summed E-state index contributed by atoms with van der Waals surface area (Å²) >= 11 is 0. The molecule has 0 radical (unpaired) electrons. The molecule has 0 N–H and O–H groups in total. The van der Waals surface area contributed by atoms with E-state index in [1.54, 1.807) is 0 Å². The van der Waals surface area contributed by atoms with Crippen LogP contribution in [0.4, 0.5) is 0 Å². The Bertz CT molecular complexity index is 552. The van der Waals surface area contributed by atoms with Crippen LogP contribution in [0.3, 0.4) is 0 Å². The highest BCUT2D eigenvalue weighted by molar-refractivity contribution is 5.65. The lowest BCUT2D eigenvalue weighted by Crippen LogP contribution is -1.94. The summed E-state index contributed by atoms with van der Waals surface area (Å²) < 4.78 is 5.54. The summed E-state index contributed by atoms with van der Waals surface area (Å²) in [7, 11) is 0. The van der Waals surface area contributed by atoms with Gasteiger partial charge in [0.05, 0.1) is 18.2 Å². The maximum absolute atomic E-state index is 8.88. The van der Waals surface area contributed by atoms with Gasteiger partial charge in [-0.1, -0.05) is 31.2 Å².